The van der Waals surface area contributed by atoms with Crippen molar-refractivity contribution in [2.24, 2.45) is 0 Å². The lowest BCUT2D eigenvalue weighted by molar-refractivity contribution is 0.0933. The van der Waals surface area contributed by atoms with E-state index in [4.69, 9.17) is 14.7 Å². The first-order valence-electron chi connectivity index (χ1n) is 8.61. The zero-order valence-electron chi connectivity index (χ0n) is 14.5. The number of hydrogen-bond acceptors (Lipinski definition) is 5. The molecule has 5 nitrogen and oxygen atoms in total. The molecule has 4 rings (SSSR count). The molecule has 2 heterocycles. The Morgan fingerprint density at radius 1 is 1.04 bits per heavy atom. The minimum Gasteiger partial charge on any atom is -0.492 e. The number of fused-ring (bicyclic) bond motifs is 1. The quantitative estimate of drug-likeness (QED) is 0.704. The molecule has 132 valence electrons. The van der Waals surface area contributed by atoms with E-state index >= 15 is 0 Å². The van der Waals surface area contributed by atoms with Crippen LogP contribution in [0.4, 0.5) is 0 Å². The van der Waals surface area contributed by atoms with Crippen LogP contribution in [0.2, 0.25) is 0 Å². The molecule has 0 fully saturated rings. The van der Waals surface area contributed by atoms with Gasteiger partial charge in [-0.1, -0.05) is 12.1 Å². The second-order valence-corrected chi connectivity index (χ2v) is 6.19. The summed E-state index contributed by atoms with van der Waals surface area (Å²) in [5.74, 6) is 1.24. The zero-order chi connectivity index (χ0) is 18.6. The summed E-state index contributed by atoms with van der Waals surface area (Å²) in [6, 6.07) is 18.5. The number of benzene rings is 2. The van der Waals surface area contributed by atoms with Crippen molar-refractivity contribution in [2.75, 3.05) is 6.61 Å². The first-order chi connectivity index (χ1) is 13.2. The number of ketones is 1. The standard InChI is InChI=1S/C22H16N2O3/c23-14-15-1-3-16(4-2-15)22(17-7-10-24-11-8-17)27-18-5-6-19-20(25)9-12-26-21(19)13-18/h1-8,10-11,13,22H,9,12H2. The molecule has 0 saturated heterocycles. The third-order valence-electron chi connectivity index (χ3n) is 4.45. The lowest BCUT2D eigenvalue weighted by Gasteiger charge is -2.22. The molecule has 0 saturated carbocycles. The minimum absolute atomic E-state index is 0.0839. The largest absolute Gasteiger partial charge is 0.492 e. The maximum atomic E-state index is 12.0. The number of pyridine rings is 1. The second-order valence-electron chi connectivity index (χ2n) is 6.19. The highest BCUT2D eigenvalue weighted by Crippen LogP contribution is 2.33. The van der Waals surface area contributed by atoms with E-state index in [-0.39, 0.29) is 11.9 Å². The molecule has 1 unspecified atom stereocenters. The second kappa shape index (κ2) is 7.30. The minimum atomic E-state index is -0.377. The Labute approximate surface area is 156 Å². The van der Waals surface area contributed by atoms with Gasteiger partial charge in [0.25, 0.3) is 0 Å². The summed E-state index contributed by atoms with van der Waals surface area (Å²) in [4.78, 5) is 16.0. The molecular formula is C22H16N2O3. The number of carbonyl (C=O) groups excluding carboxylic acids is 1. The van der Waals surface area contributed by atoms with Gasteiger partial charge in [0.15, 0.2) is 5.78 Å². The molecule has 0 N–H and O–H groups in total. The van der Waals surface area contributed by atoms with Crippen molar-refractivity contribution in [1.29, 1.82) is 5.26 Å². The third kappa shape index (κ3) is 3.51. The van der Waals surface area contributed by atoms with Gasteiger partial charge < -0.3 is 9.47 Å². The summed E-state index contributed by atoms with van der Waals surface area (Å²) >= 11 is 0. The Hall–Kier alpha value is -3.65. The number of carbonyl (C=O) groups is 1. The van der Waals surface area contributed by atoms with E-state index in [2.05, 4.69) is 11.1 Å². The maximum Gasteiger partial charge on any atom is 0.169 e. The molecule has 0 aliphatic carbocycles. The molecule has 0 spiro atoms. The van der Waals surface area contributed by atoms with Crippen LogP contribution in [0.3, 0.4) is 0 Å². The Morgan fingerprint density at radius 3 is 2.52 bits per heavy atom. The number of nitrogens with zero attached hydrogens (tertiary/aromatic N) is 2. The van der Waals surface area contributed by atoms with Crippen LogP contribution in [-0.2, 0) is 0 Å². The fraction of sp³-hybridized carbons (Fsp3) is 0.136. The van der Waals surface area contributed by atoms with Crippen LogP contribution in [-0.4, -0.2) is 17.4 Å². The molecule has 3 aromatic rings. The van der Waals surface area contributed by atoms with Crippen molar-refractivity contribution in [3.63, 3.8) is 0 Å². The molecule has 0 radical (unpaired) electrons. The van der Waals surface area contributed by atoms with E-state index in [1.54, 1.807) is 42.7 Å². The molecule has 1 aliphatic rings. The Morgan fingerprint density at radius 2 is 1.78 bits per heavy atom. The van der Waals surface area contributed by atoms with E-state index in [1.165, 1.54) is 0 Å². The number of rotatable bonds is 4. The fourth-order valence-corrected chi connectivity index (χ4v) is 3.05. The lowest BCUT2D eigenvalue weighted by atomic mass is 10.0. The van der Waals surface area contributed by atoms with E-state index in [0.29, 0.717) is 35.7 Å². The van der Waals surface area contributed by atoms with Gasteiger partial charge in [-0.3, -0.25) is 9.78 Å². The average Bonchev–Trinajstić information content (AvgIpc) is 2.73. The van der Waals surface area contributed by atoms with E-state index in [1.807, 2.05) is 24.3 Å². The van der Waals surface area contributed by atoms with Crippen LogP contribution >= 0.6 is 0 Å². The SMILES string of the molecule is N#Cc1ccc(C(Oc2ccc3c(c2)OCCC3=O)c2ccncc2)cc1. The molecule has 2 aromatic carbocycles. The van der Waals surface area contributed by atoms with Gasteiger partial charge in [0.1, 0.15) is 17.6 Å². The van der Waals surface area contributed by atoms with Gasteiger partial charge in [-0.15, -0.1) is 0 Å². The molecule has 5 heteroatoms. The Bertz CT molecular complexity index is 1010. The molecule has 1 aliphatic heterocycles. The van der Waals surface area contributed by atoms with E-state index in [0.717, 1.165) is 11.1 Å². The average molecular weight is 356 g/mol. The molecule has 1 atom stereocenters. The van der Waals surface area contributed by atoms with E-state index in [9.17, 15) is 4.79 Å². The third-order valence-corrected chi connectivity index (χ3v) is 4.45. The highest BCUT2D eigenvalue weighted by Gasteiger charge is 2.21. The van der Waals surface area contributed by atoms with Crippen molar-refractivity contribution < 1.29 is 14.3 Å². The number of aromatic nitrogens is 1. The van der Waals surface area contributed by atoms with Crippen molar-refractivity contribution in [2.45, 2.75) is 12.5 Å². The monoisotopic (exact) mass is 356 g/mol. The molecule has 1 aromatic heterocycles. The summed E-state index contributed by atoms with van der Waals surface area (Å²) in [7, 11) is 0. The van der Waals surface area contributed by atoms with Gasteiger partial charge in [-0.2, -0.15) is 5.26 Å². The van der Waals surface area contributed by atoms with Crippen LogP contribution in [0.25, 0.3) is 0 Å². The topological polar surface area (TPSA) is 72.2 Å². The van der Waals surface area contributed by atoms with Gasteiger partial charge in [-0.25, -0.2) is 0 Å². The highest BCUT2D eigenvalue weighted by molar-refractivity contribution is 5.99. The number of nitriles is 1. The number of Topliss-reactive ketones (excluding diaryl/α,β-unsaturated/α-hetero) is 1. The molecule has 27 heavy (non-hydrogen) atoms. The van der Waals surface area contributed by atoms with Gasteiger partial charge in [0.05, 0.1) is 23.8 Å². The molecule has 0 bridgehead atoms. The van der Waals surface area contributed by atoms with Gasteiger partial charge in [0.2, 0.25) is 0 Å². The van der Waals surface area contributed by atoms with Crippen LogP contribution in [0.15, 0.2) is 67.0 Å². The van der Waals surface area contributed by atoms with Crippen LogP contribution in [0.1, 0.15) is 39.6 Å². The van der Waals surface area contributed by atoms with Crippen molar-refractivity contribution in [3.8, 4) is 17.6 Å². The summed E-state index contributed by atoms with van der Waals surface area (Å²) < 4.78 is 11.9. The fourth-order valence-electron chi connectivity index (χ4n) is 3.05. The normalized spacial score (nSPS) is 13.8. The molecule has 0 amide bonds. The lowest BCUT2D eigenvalue weighted by Crippen LogP contribution is -2.15. The summed E-state index contributed by atoms with van der Waals surface area (Å²) in [6.07, 6.45) is 3.45. The zero-order valence-corrected chi connectivity index (χ0v) is 14.5. The van der Waals surface area contributed by atoms with Crippen molar-refractivity contribution in [3.05, 3.63) is 89.2 Å². The van der Waals surface area contributed by atoms with Gasteiger partial charge >= 0.3 is 0 Å². The smallest absolute Gasteiger partial charge is 0.169 e. The Kier molecular flexibility index (Phi) is 4.54. The predicted molar refractivity (Wildman–Crippen MR) is 98.7 cm³/mol. The number of hydrogen-bond donors (Lipinski definition) is 0. The summed E-state index contributed by atoms with van der Waals surface area (Å²) in [5.41, 5.74) is 3.03. The van der Waals surface area contributed by atoms with Crippen LogP contribution in [0.5, 0.6) is 11.5 Å². The molecular weight excluding hydrogens is 340 g/mol. The highest BCUT2D eigenvalue weighted by atomic mass is 16.5. The van der Waals surface area contributed by atoms with E-state index < -0.39 is 0 Å². The first kappa shape index (κ1) is 16.8. The van der Waals surface area contributed by atoms with Crippen molar-refractivity contribution in [1.82, 2.24) is 4.98 Å². The summed E-state index contributed by atoms with van der Waals surface area (Å²) in [5, 5.41) is 9.02. The van der Waals surface area contributed by atoms with Gasteiger partial charge in [0, 0.05) is 24.9 Å². The Balaban J connectivity index is 1.69. The van der Waals surface area contributed by atoms with Crippen molar-refractivity contribution >= 4 is 5.78 Å². The van der Waals surface area contributed by atoms with Crippen LogP contribution < -0.4 is 9.47 Å². The predicted octanol–water partition coefficient (Wildman–Crippen LogP) is 4.09. The first-order valence-corrected chi connectivity index (χ1v) is 8.61. The van der Waals surface area contributed by atoms with Crippen LogP contribution in [0, 0.1) is 11.3 Å². The maximum absolute atomic E-state index is 12.0. The summed E-state index contributed by atoms with van der Waals surface area (Å²) in [6.45, 7) is 0.388. The number of ether oxygens (including phenoxy) is 2. The van der Waals surface area contributed by atoms with Gasteiger partial charge in [-0.05, 0) is 47.5 Å².